The van der Waals surface area contributed by atoms with Crippen molar-refractivity contribution in [2.45, 2.75) is 97.6 Å². The summed E-state index contributed by atoms with van der Waals surface area (Å²) in [4.78, 5) is 35.9. The lowest BCUT2D eigenvalue weighted by atomic mass is 9.99. The van der Waals surface area contributed by atoms with Crippen molar-refractivity contribution >= 4 is 23.2 Å². The summed E-state index contributed by atoms with van der Waals surface area (Å²) in [5, 5.41) is 0. The Morgan fingerprint density at radius 3 is 2.16 bits per heavy atom. The van der Waals surface area contributed by atoms with Crippen molar-refractivity contribution in [3.63, 3.8) is 0 Å². The molecule has 0 N–H and O–H groups in total. The van der Waals surface area contributed by atoms with E-state index in [2.05, 4.69) is 79.1 Å². The van der Waals surface area contributed by atoms with E-state index in [9.17, 15) is 9.59 Å². The summed E-state index contributed by atoms with van der Waals surface area (Å²) in [5.41, 5.74) is 4.16. The quantitative estimate of drug-likeness (QED) is 0.178. The Balaban J connectivity index is 1.27. The van der Waals surface area contributed by atoms with Gasteiger partial charge >= 0.3 is 0 Å². The molecule has 45 heavy (non-hydrogen) atoms. The Bertz CT molecular complexity index is 1350. The largest absolute Gasteiger partial charge is 0.339 e. The van der Waals surface area contributed by atoms with Gasteiger partial charge in [-0.1, -0.05) is 70.0 Å². The molecule has 2 aromatic carbocycles. The zero-order valence-electron chi connectivity index (χ0n) is 27.8. The molecule has 242 valence electrons. The molecule has 0 saturated carbocycles. The van der Waals surface area contributed by atoms with Crippen LogP contribution in [0, 0.1) is 5.92 Å². The van der Waals surface area contributed by atoms with E-state index in [0.29, 0.717) is 12.5 Å². The number of amides is 2. The molecule has 0 bridgehead atoms. The lowest BCUT2D eigenvalue weighted by Crippen LogP contribution is -2.47. The van der Waals surface area contributed by atoms with E-state index in [4.69, 9.17) is 0 Å². The first-order valence-corrected chi connectivity index (χ1v) is 18.3. The van der Waals surface area contributed by atoms with Crippen LogP contribution < -0.4 is 0 Å². The van der Waals surface area contributed by atoms with Crippen molar-refractivity contribution in [3.8, 4) is 11.1 Å². The minimum Gasteiger partial charge on any atom is -0.339 e. The highest BCUT2D eigenvalue weighted by Crippen LogP contribution is 2.28. The standard InChI is InChI=1S/C39H53N3O2S/c1-4-5-7-10-36-19-20-37(45-36)39(44)42(35-22-27-40(28-23-35)26-21-30(2)3)29-31-11-13-32(14-12-31)33-15-17-34(18-16-33)38(43)41-24-8-6-9-25-41/h11-20,30,35H,4-10,21-29H2,1-3H3. The van der Waals surface area contributed by atoms with Crippen LogP contribution in [0.3, 0.4) is 0 Å². The van der Waals surface area contributed by atoms with Crippen molar-refractivity contribution < 1.29 is 9.59 Å². The number of carbonyl (C=O) groups is 2. The van der Waals surface area contributed by atoms with Crippen LogP contribution in [-0.4, -0.2) is 65.3 Å². The van der Waals surface area contributed by atoms with Crippen LogP contribution in [0.2, 0.25) is 0 Å². The van der Waals surface area contributed by atoms with Gasteiger partial charge in [-0.3, -0.25) is 9.59 Å². The number of carbonyl (C=O) groups excluding carboxylic acids is 2. The number of hydrogen-bond acceptors (Lipinski definition) is 4. The first-order valence-electron chi connectivity index (χ1n) is 17.5. The van der Waals surface area contributed by atoms with Gasteiger partial charge in [0, 0.05) is 49.2 Å². The molecular formula is C39H53N3O2S. The van der Waals surface area contributed by atoms with Gasteiger partial charge in [-0.05, 0) is 105 Å². The van der Waals surface area contributed by atoms with Crippen LogP contribution in [0.1, 0.15) is 109 Å². The molecule has 2 saturated heterocycles. The molecule has 5 nitrogen and oxygen atoms in total. The molecule has 1 aromatic heterocycles. The van der Waals surface area contributed by atoms with Crippen LogP contribution in [-0.2, 0) is 13.0 Å². The van der Waals surface area contributed by atoms with Gasteiger partial charge in [0.1, 0.15) is 0 Å². The summed E-state index contributed by atoms with van der Waals surface area (Å²) in [6, 6.07) is 21.2. The topological polar surface area (TPSA) is 43.9 Å². The molecule has 2 aliphatic heterocycles. The number of unbranched alkanes of at least 4 members (excludes halogenated alkanes) is 2. The van der Waals surface area contributed by atoms with Gasteiger partial charge in [0.05, 0.1) is 4.88 Å². The minimum absolute atomic E-state index is 0.144. The fraction of sp³-hybridized carbons (Fsp3) is 0.538. The van der Waals surface area contributed by atoms with Crippen molar-refractivity contribution in [1.29, 1.82) is 0 Å². The average molecular weight is 628 g/mol. The second kappa shape index (κ2) is 16.6. The van der Waals surface area contributed by atoms with Crippen LogP contribution in [0.25, 0.3) is 11.1 Å². The van der Waals surface area contributed by atoms with Crippen LogP contribution in [0.15, 0.2) is 60.7 Å². The molecule has 3 aromatic rings. The third-order valence-corrected chi connectivity index (χ3v) is 10.7. The van der Waals surface area contributed by atoms with Gasteiger partial charge in [-0.15, -0.1) is 11.3 Å². The summed E-state index contributed by atoms with van der Waals surface area (Å²) in [6.45, 7) is 12.5. The number of likely N-dealkylation sites (tertiary alicyclic amines) is 2. The Hall–Kier alpha value is -2.96. The summed E-state index contributed by atoms with van der Waals surface area (Å²) >= 11 is 1.69. The van der Waals surface area contributed by atoms with Crippen molar-refractivity contribution in [1.82, 2.24) is 14.7 Å². The molecule has 5 rings (SSSR count). The van der Waals surface area contributed by atoms with Crippen LogP contribution >= 0.6 is 11.3 Å². The van der Waals surface area contributed by atoms with Gasteiger partial charge in [-0.25, -0.2) is 0 Å². The average Bonchev–Trinajstić information content (AvgIpc) is 3.56. The summed E-state index contributed by atoms with van der Waals surface area (Å²) in [7, 11) is 0. The van der Waals surface area contributed by atoms with Crippen molar-refractivity contribution in [2.75, 3.05) is 32.7 Å². The number of piperidine rings is 2. The highest BCUT2D eigenvalue weighted by Gasteiger charge is 2.29. The van der Waals surface area contributed by atoms with Gasteiger partial charge in [-0.2, -0.15) is 0 Å². The maximum atomic E-state index is 14.1. The maximum Gasteiger partial charge on any atom is 0.264 e. The van der Waals surface area contributed by atoms with Gasteiger partial charge in [0.2, 0.25) is 0 Å². The van der Waals surface area contributed by atoms with E-state index >= 15 is 0 Å². The summed E-state index contributed by atoms with van der Waals surface area (Å²) in [5.74, 6) is 1.04. The number of hydrogen-bond donors (Lipinski definition) is 0. The summed E-state index contributed by atoms with van der Waals surface area (Å²) in [6.07, 6.45) is 11.4. The molecular weight excluding hydrogens is 575 g/mol. The zero-order chi connectivity index (χ0) is 31.6. The maximum absolute atomic E-state index is 14.1. The lowest BCUT2D eigenvalue weighted by Gasteiger charge is -2.38. The van der Waals surface area contributed by atoms with Gasteiger partial charge in [0.15, 0.2) is 0 Å². The van der Waals surface area contributed by atoms with Crippen LogP contribution in [0.5, 0.6) is 0 Å². The van der Waals surface area contributed by atoms with E-state index < -0.39 is 0 Å². The minimum atomic E-state index is 0.144. The van der Waals surface area contributed by atoms with Gasteiger partial charge < -0.3 is 14.7 Å². The van der Waals surface area contributed by atoms with Crippen LogP contribution in [0.4, 0.5) is 0 Å². The molecule has 0 radical (unpaired) electrons. The number of thiophene rings is 1. The summed E-state index contributed by atoms with van der Waals surface area (Å²) < 4.78 is 0. The third-order valence-electron chi connectivity index (χ3n) is 9.60. The van der Waals surface area contributed by atoms with Gasteiger partial charge in [0.25, 0.3) is 11.8 Å². The third kappa shape index (κ3) is 9.29. The number of aryl methyl sites for hydroxylation is 1. The Morgan fingerprint density at radius 2 is 1.51 bits per heavy atom. The fourth-order valence-corrected chi connectivity index (χ4v) is 7.67. The predicted molar refractivity (Wildman–Crippen MR) is 188 cm³/mol. The first-order chi connectivity index (χ1) is 21.9. The number of benzene rings is 2. The number of rotatable bonds is 13. The smallest absolute Gasteiger partial charge is 0.264 e. The Morgan fingerprint density at radius 1 is 0.844 bits per heavy atom. The molecule has 2 aliphatic rings. The second-order valence-corrected chi connectivity index (χ2v) is 14.7. The molecule has 0 spiro atoms. The lowest BCUT2D eigenvalue weighted by molar-refractivity contribution is 0.0551. The SMILES string of the molecule is CCCCCc1ccc(C(=O)N(Cc2ccc(-c3ccc(C(=O)N4CCCCC4)cc3)cc2)C2CCN(CCC(C)C)CC2)s1. The molecule has 2 amide bonds. The molecule has 2 fully saturated rings. The Labute approximate surface area is 275 Å². The highest BCUT2D eigenvalue weighted by atomic mass is 32.1. The first kappa shape index (κ1) is 33.4. The predicted octanol–water partition coefficient (Wildman–Crippen LogP) is 8.93. The normalized spacial score (nSPS) is 16.3. The fourth-order valence-electron chi connectivity index (χ4n) is 6.66. The Kier molecular flexibility index (Phi) is 12.3. The monoisotopic (exact) mass is 627 g/mol. The van der Waals surface area contributed by atoms with E-state index in [1.165, 1.54) is 37.0 Å². The van der Waals surface area contributed by atoms with E-state index in [1.54, 1.807) is 11.3 Å². The van der Waals surface area contributed by atoms with E-state index in [1.807, 2.05) is 17.0 Å². The molecule has 0 aliphatic carbocycles. The second-order valence-electron chi connectivity index (χ2n) is 13.5. The molecule has 6 heteroatoms. The van der Waals surface area contributed by atoms with E-state index in [0.717, 1.165) is 92.0 Å². The van der Waals surface area contributed by atoms with Crippen molar-refractivity contribution in [2.24, 2.45) is 5.92 Å². The molecule has 0 unspecified atom stereocenters. The van der Waals surface area contributed by atoms with Crippen molar-refractivity contribution in [3.05, 3.63) is 81.5 Å². The zero-order valence-corrected chi connectivity index (χ0v) is 28.6. The highest BCUT2D eigenvalue weighted by molar-refractivity contribution is 7.14. The molecule has 3 heterocycles. The molecule has 0 atom stereocenters. The number of nitrogens with zero attached hydrogens (tertiary/aromatic N) is 3. The van der Waals surface area contributed by atoms with E-state index in [-0.39, 0.29) is 17.9 Å².